The van der Waals surface area contributed by atoms with Gasteiger partial charge in [-0.2, -0.15) is 0 Å². The summed E-state index contributed by atoms with van der Waals surface area (Å²) >= 11 is 0. The maximum absolute atomic E-state index is 12.0. The minimum atomic E-state index is -3.09. The first kappa shape index (κ1) is 15.5. The molecule has 6 nitrogen and oxygen atoms in total. The number of ether oxygens (including phenoxy) is 1. The van der Waals surface area contributed by atoms with Gasteiger partial charge in [-0.05, 0) is 25.0 Å². The van der Waals surface area contributed by atoms with Crippen molar-refractivity contribution in [3.63, 3.8) is 0 Å². The van der Waals surface area contributed by atoms with E-state index in [2.05, 4.69) is 14.6 Å². The van der Waals surface area contributed by atoms with Gasteiger partial charge in [0.1, 0.15) is 0 Å². The number of nitrogens with one attached hydrogen (secondary N) is 1. The second-order valence-electron chi connectivity index (χ2n) is 6.90. The number of nitrogens with zero attached hydrogens (tertiary/aromatic N) is 2. The monoisotopic (exact) mass is 337 g/mol. The summed E-state index contributed by atoms with van der Waals surface area (Å²) in [4.78, 5) is 6.74. The highest BCUT2D eigenvalue weighted by atomic mass is 32.2. The quantitative estimate of drug-likeness (QED) is 0.823. The van der Waals surface area contributed by atoms with Crippen molar-refractivity contribution < 1.29 is 13.2 Å². The lowest BCUT2D eigenvalue weighted by atomic mass is 9.93. The summed E-state index contributed by atoms with van der Waals surface area (Å²) in [6, 6.07) is 5.97. The Kier molecular flexibility index (Phi) is 4.13. The van der Waals surface area contributed by atoms with Gasteiger partial charge < -0.3 is 4.74 Å². The molecule has 23 heavy (non-hydrogen) atoms. The average Bonchev–Trinajstić information content (AvgIpc) is 3.24. The Morgan fingerprint density at radius 2 is 2.17 bits per heavy atom. The predicted octanol–water partition coefficient (Wildman–Crippen LogP) is 0.610. The van der Waals surface area contributed by atoms with E-state index < -0.39 is 10.0 Å². The van der Waals surface area contributed by atoms with Gasteiger partial charge in [-0.15, -0.1) is 0 Å². The molecule has 3 atom stereocenters. The molecule has 3 fully saturated rings. The van der Waals surface area contributed by atoms with E-state index in [4.69, 9.17) is 4.74 Å². The van der Waals surface area contributed by atoms with Crippen molar-refractivity contribution in [2.45, 2.75) is 30.7 Å². The Hall–Kier alpha value is -1.02. The lowest BCUT2D eigenvalue weighted by Crippen LogP contribution is -2.35. The maximum atomic E-state index is 12.0. The Labute approximate surface area is 137 Å². The first-order valence-electron chi connectivity index (χ1n) is 8.34. The molecule has 0 spiro atoms. The number of sulfonamides is 1. The van der Waals surface area contributed by atoms with Crippen LogP contribution < -0.4 is 4.72 Å². The minimum Gasteiger partial charge on any atom is -0.376 e. The summed E-state index contributed by atoms with van der Waals surface area (Å²) < 4.78 is 32.7. The predicted molar refractivity (Wildman–Crippen MR) is 86.2 cm³/mol. The molecule has 0 radical (unpaired) electrons. The number of fused-ring (bicyclic) bond motifs is 1. The highest BCUT2D eigenvalue weighted by molar-refractivity contribution is 7.90. The molecule has 0 amide bonds. The number of pyridine rings is 1. The first-order valence-corrected chi connectivity index (χ1v) is 9.89. The molecule has 1 N–H and O–H groups in total. The third-order valence-corrected chi connectivity index (χ3v) is 7.05. The summed E-state index contributed by atoms with van der Waals surface area (Å²) in [6.07, 6.45) is 3.66. The molecule has 3 aliphatic rings. The number of hydrogen-bond donors (Lipinski definition) is 1. The normalized spacial score (nSPS) is 31.4. The van der Waals surface area contributed by atoms with E-state index >= 15 is 0 Å². The fourth-order valence-corrected chi connectivity index (χ4v) is 5.10. The topological polar surface area (TPSA) is 71.5 Å². The number of likely N-dealkylation sites (tertiary alicyclic amines) is 1. The lowest BCUT2D eigenvalue weighted by molar-refractivity contribution is 0.0940. The van der Waals surface area contributed by atoms with Crippen molar-refractivity contribution in [1.82, 2.24) is 14.6 Å². The van der Waals surface area contributed by atoms with E-state index in [1.54, 1.807) is 0 Å². The van der Waals surface area contributed by atoms with E-state index in [0.717, 1.165) is 38.2 Å². The van der Waals surface area contributed by atoms with E-state index in [1.807, 2.05) is 24.4 Å². The second-order valence-corrected chi connectivity index (χ2v) is 8.95. The fourth-order valence-electron chi connectivity index (χ4n) is 3.66. The van der Waals surface area contributed by atoms with Gasteiger partial charge in [-0.25, -0.2) is 13.1 Å². The smallest absolute Gasteiger partial charge is 0.214 e. The van der Waals surface area contributed by atoms with Crippen LogP contribution in [-0.2, 0) is 21.3 Å². The van der Waals surface area contributed by atoms with E-state index in [0.29, 0.717) is 19.1 Å². The molecule has 1 aliphatic carbocycles. The van der Waals surface area contributed by atoms with Gasteiger partial charge in [0.05, 0.1) is 23.7 Å². The molecule has 1 saturated carbocycles. The third kappa shape index (κ3) is 3.42. The molecule has 0 aromatic carbocycles. The van der Waals surface area contributed by atoms with Gasteiger partial charge in [0.15, 0.2) is 0 Å². The standard InChI is InChI=1S/C16H23N3O3S/c20-23(21,14-4-5-14)18-7-12-11-22-16-10-19(9-15(12)16)8-13-3-1-2-6-17-13/h1-3,6,12,14-16,18H,4-5,7-11H2/t12-,15-,16-/m1/s1. The summed E-state index contributed by atoms with van der Waals surface area (Å²) in [5.74, 6) is 0.697. The molecular weight excluding hydrogens is 314 g/mol. The number of aromatic nitrogens is 1. The van der Waals surface area contributed by atoms with Gasteiger partial charge in [0, 0.05) is 44.2 Å². The van der Waals surface area contributed by atoms with E-state index in [1.165, 1.54) is 0 Å². The van der Waals surface area contributed by atoms with Crippen molar-refractivity contribution in [2.24, 2.45) is 11.8 Å². The van der Waals surface area contributed by atoms with Crippen LogP contribution >= 0.6 is 0 Å². The second kappa shape index (κ2) is 6.12. The number of hydrogen-bond acceptors (Lipinski definition) is 5. The Bertz CT molecular complexity index is 648. The van der Waals surface area contributed by atoms with Crippen LogP contribution in [0, 0.1) is 11.8 Å². The van der Waals surface area contributed by atoms with Crippen molar-refractivity contribution in [3.05, 3.63) is 30.1 Å². The summed E-state index contributed by atoms with van der Waals surface area (Å²) in [5, 5.41) is -0.148. The molecule has 2 aliphatic heterocycles. The summed E-state index contributed by atoms with van der Waals surface area (Å²) in [7, 11) is -3.09. The molecule has 2 saturated heterocycles. The third-order valence-electron chi connectivity index (χ3n) is 5.14. The van der Waals surface area contributed by atoms with Crippen LogP contribution in [0.1, 0.15) is 18.5 Å². The van der Waals surface area contributed by atoms with Crippen molar-refractivity contribution in [3.8, 4) is 0 Å². The van der Waals surface area contributed by atoms with Crippen molar-refractivity contribution in [2.75, 3.05) is 26.2 Å². The largest absolute Gasteiger partial charge is 0.376 e. The van der Waals surface area contributed by atoms with E-state index in [9.17, 15) is 8.42 Å². The molecular formula is C16H23N3O3S. The van der Waals surface area contributed by atoms with Gasteiger partial charge >= 0.3 is 0 Å². The Morgan fingerprint density at radius 1 is 1.30 bits per heavy atom. The number of rotatable bonds is 6. The molecule has 7 heteroatoms. The summed E-state index contributed by atoms with van der Waals surface area (Å²) in [5.41, 5.74) is 1.07. The zero-order valence-electron chi connectivity index (χ0n) is 13.1. The van der Waals surface area contributed by atoms with Crippen LogP contribution in [0.2, 0.25) is 0 Å². The molecule has 0 unspecified atom stereocenters. The fraction of sp³-hybridized carbons (Fsp3) is 0.688. The van der Waals surface area contributed by atoms with Gasteiger partial charge in [-0.3, -0.25) is 9.88 Å². The highest BCUT2D eigenvalue weighted by Crippen LogP contribution is 2.34. The van der Waals surface area contributed by atoms with Gasteiger partial charge in [-0.1, -0.05) is 6.07 Å². The molecule has 1 aromatic heterocycles. The zero-order valence-corrected chi connectivity index (χ0v) is 13.9. The lowest BCUT2D eigenvalue weighted by Gasteiger charge is -2.19. The minimum absolute atomic E-state index is 0.148. The first-order chi connectivity index (χ1) is 11.1. The van der Waals surface area contributed by atoms with Crippen LogP contribution in [-0.4, -0.2) is 55.9 Å². The molecule has 4 rings (SSSR count). The Morgan fingerprint density at radius 3 is 2.91 bits per heavy atom. The highest BCUT2D eigenvalue weighted by Gasteiger charge is 2.44. The maximum Gasteiger partial charge on any atom is 0.214 e. The van der Waals surface area contributed by atoms with Crippen LogP contribution in [0.25, 0.3) is 0 Å². The molecule has 126 valence electrons. The van der Waals surface area contributed by atoms with Gasteiger partial charge in [0.2, 0.25) is 10.0 Å². The van der Waals surface area contributed by atoms with Crippen molar-refractivity contribution >= 4 is 10.0 Å². The van der Waals surface area contributed by atoms with E-state index in [-0.39, 0.29) is 17.3 Å². The molecule has 0 bridgehead atoms. The summed E-state index contributed by atoms with van der Waals surface area (Å²) in [6.45, 7) is 3.87. The average molecular weight is 337 g/mol. The van der Waals surface area contributed by atoms with Gasteiger partial charge in [0.25, 0.3) is 0 Å². The van der Waals surface area contributed by atoms with Crippen LogP contribution in [0.5, 0.6) is 0 Å². The van der Waals surface area contributed by atoms with Crippen LogP contribution in [0.3, 0.4) is 0 Å². The van der Waals surface area contributed by atoms with Crippen LogP contribution in [0.15, 0.2) is 24.4 Å². The zero-order chi connectivity index (χ0) is 15.9. The molecule has 1 aromatic rings. The Balaban J connectivity index is 1.32. The SMILES string of the molecule is O=S(=O)(NC[C@@H]1CO[C@@H]2CN(Cc3ccccn3)C[C@H]12)C1CC1. The van der Waals surface area contributed by atoms with Crippen LogP contribution in [0.4, 0.5) is 0 Å². The molecule has 3 heterocycles. The van der Waals surface area contributed by atoms with Crippen molar-refractivity contribution in [1.29, 1.82) is 0 Å².